The van der Waals surface area contributed by atoms with Crippen molar-refractivity contribution in [3.8, 4) is 0 Å². The topological polar surface area (TPSA) is 49.6 Å². The number of hydrogen-bond acceptors (Lipinski definition) is 4. The quantitative estimate of drug-likeness (QED) is 0.824. The number of hydrogen-bond donors (Lipinski definition) is 0. The molecule has 6 heteroatoms. The number of amides is 1. The lowest BCUT2D eigenvalue weighted by Gasteiger charge is -2.37. The number of carbonyl (C=O) groups excluding carboxylic acids is 1. The summed E-state index contributed by atoms with van der Waals surface area (Å²) in [4.78, 5) is 20.5. The van der Waals surface area contributed by atoms with Crippen LogP contribution in [0.1, 0.15) is 37.0 Å². The van der Waals surface area contributed by atoms with Gasteiger partial charge in [-0.2, -0.15) is 0 Å². The molecule has 0 unspecified atom stereocenters. The molecule has 0 saturated carbocycles. The average molecular weight is 359 g/mol. The highest BCUT2D eigenvalue weighted by Crippen LogP contribution is 2.35. The zero-order chi connectivity index (χ0) is 18.7. The minimum Gasteiger partial charge on any atom is -0.445 e. The van der Waals surface area contributed by atoms with Gasteiger partial charge in [0, 0.05) is 24.9 Å². The van der Waals surface area contributed by atoms with Gasteiger partial charge in [0.25, 0.3) is 0 Å². The Hall–Kier alpha value is -2.21. The molecule has 140 valence electrons. The SMILES string of the molecule is CN(C)CC(=O)N1CCC(C)(c2ncc(Cc3ccccc3F)o2)CC1. The number of halogens is 1. The van der Waals surface area contributed by atoms with E-state index in [2.05, 4.69) is 11.9 Å². The molecule has 0 bridgehead atoms. The number of piperidine rings is 1. The van der Waals surface area contributed by atoms with E-state index in [-0.39, 0.29) is 17.1 Å². The van der Waals surface area contributed by atoms with Crippen LogP contribution in [0.4, 0.5) is 4.39 Å². The van der Waals surface area contributed by atoms with Crippen LogP contribution in [0.3, 0.4) is 0 Å². The number of benzene rings is 1. The van der Waals surface area contributed by atoms with E-state index in [4.69, 9.17) is 4.42 Å². The first-order chi connectivity index (χ1) is 12.4. The molecule has 0 radical (unpaired) electrons. The molecule has 26 heavy (non-hydrogen) atoms. The summed E-state index contributed by atoms with van der Waals surface area (Å²) in [5.41, 5.74) is 0.409. The standard InChI is InChI=1S/C20H26FN3O2/c1-20(8-10-24(11-9-20)18(25)14-23(2)3)19-22-13-16(26-19)12-15-6-4-5-7-17(15)21/h4-7,13H,8-12,14H2,1-3H3. The minimum atomic E-state index is -0.232. The van der Waals surface area contributed by atoms with Gasteiger partial charge in [-0.25, -0.2) is 9.37 Å². The Balaban J connectivity index is 1.64. The molecule has 1 fully saturated rings. The third-order valence-electron chi connectivity index (χ3n) is 5.06. The summed E-state index contributed by atoms with van der Waals surface area (Å²) in [5.74, 6) is 1.27. The minimum absolute atomic E-state index is 0.157. The van der Waals surface area contributed by atoms with Gasteiger partial charge in [-0.05, 0) is 38.6 Å². The summed E-state index contributed by atoms with van der Waals surface area (Å²) >= 11 is 0. The fourth-order valence-corrected chi connectivity index (χ4v) is 3.33. The lowest BCUT2D eigenvalue weighted by molar-refractivity contribution is -0.133. The molecular weight excluding hydrogens is 333 g/mol. The maximum atomic E-state index is 13.8. The van der Waals surface area contributed by atoms with Crippen molar-refractivity contribution in [2.75, 3.05) is 33.7 Å². The third-order valence-corrected chi connectivity index (χ3v) is 5.06. The summed E-state index contributed by atoms with van der Waals surface area (Å²) < 4.78 is 19.8. The number of oxazole rings is 1. The number of likely N-dealkylation sites (N-methyl/N-ethyl adjacent to an activating group) is 1. The highest BCUT2D eigenvalue weighted by molar-refractivity contribution is 5.78. The van der Waals surface area contributed by atoms with E-state index in [0.29, 0.717) is 43.3 Å². The fraction of sp³-hybridized carbons (Fsp3) is 0.500. The highest BCUT2D eigenvalue weighted by atomic mass is 19.1. The van der Waals surface area contributed by atoms with Gasteiger partial charge in [0.15, 0.2) is 5.89 Å². The Morgan fingerprint density at radius 2 is 2.00 bits per heavy atom. The average Bonchev–Trinajstić information content (AvgIpc) is 3.06. The molecular formula is C20H26FN3O2. The molecule has 1 aromatic heterocycles. The summed E-state index contributed by atoms with van der Waals surface area (Å²) in [5, 5.41) is 0. The monoisotopic (exact) mass is 359 g/mol. The molecule has 1 saturated heterocycles. The van der Waals surface area contributed by atoms with Crippen LogP contribution in [0, 0.1) is 5.82 Å². The predicted molar refractivity (Wildman–Crippen MR) is 97.4 cm³/mol. The first-order valence-electron chi connectivity index (χ1n) is 8.98. The number of carbonyl (C=O) groups is 1. The van der Waals surface area contributed by atoms with Crippen LogP contribution in [0.25, 0.3) is 0 Å². The largest absolute Gasteiger partial charge is 0.445 e. The Kier molecular flexibility index (Phi) is 5.41. The summed E-state index contributed by atoms with van der Waals surface area (Å²) in [7, 11) is 3.80. The zero-order valence-corrected chi connectivity index (χ0v) is 15.7. The normalized spacial score (nSPS) is 16.9. The van der Waals surface area contributed by atoms with Crippen molar-refractivity contribution in [1.29, 1.82) is 0 Å². The van der Waals surface area contributed by atoms with Crippen molar-refractivity contribution in [2.24, 2.45) is 0 Å². The van der Waals surface area contributed by atoms with Gasteiger partial charge >= 0.3 is 0 Å². The van der Waals surface area contributed by atoms with E-state index < -0.39 is 0 Å². The van der Waals surface area contributed by atoms with Gasteiger partial charge in [0.1, 0.15) is 11.6 Å². The van der Waals surface area contributed by atoms with Crippen molar-refractivity contribution >= 4 is 5.91 Å². The van der Waals surface area contributed by atoms with Gasteiger partial charge in [-0.1, -0.05) is 25.1 Å². The predicted octanol–water partition coefficient (Wildman–Crippen LogP) is 2.85. The van der Waals surface area contributed by atoms with E-state index in [1.807, 2.05) is 30.0 Å². The van der Waals surface area contributed by atoms with E-state index in [1.54, 1.807) is 18.3 Å². The van der Waals surface area contributed by atoms with Gasteiger partial charge < -0.3 is 14.2 Å². The second kappa shape index (κ2) is 7.58. The van der Waals surface area contributed by atoms with Gasteiger partial charge in [-0.3, -0.25) is 4.79 Å². The number of aromatic nitrogens is 1. The molecule has 3 rings (SSSR count). The molecule has 5 nitrogen and oxygen atoms in total. The summed E-state index contributed by atoms with van der Waals surface area (Å²) in [6, 6.07) is 6.71. The van der Waals surface area contributed by atoms with E-state index in [1.165, 1.54) is 6.07 Å². The van der Waals surface area contributed by atoms with Crippen LogP contribution in [0.15, 0.2) is 34.9 Å². The second-order valence-corrected chi connectivity index (χ2v) is 7.58. The molecule has 1 aliphatic rings. The van der Waals surface area contributed by atoms with Gasteiger partial charge in [0.05, 0.1) is 12.7 Å². The molecule has 0 N–H and O–H groups in total. The molecule has 1 amide bonds. The maximum Gasteiger partial charge on any atom is 0.236 e. The second-order valence-electron chi connectivity index (χ2n) is 7.58. The van der Waals surface area contributed by atoms with Gasteiger partial charge in [-0.15, -0.1) is 0 Å². The number of rotatable bonds is 5. The van der Waals surface area contributed by atoms with Crippen molar-refractivity contribution < 1.29 is 13.6 Å². The molecule has 1 aliphatic heterocycles. The van der Waals surface area contributed by atoms with E-state index in [9.17, 15) is 9.18 Å². The van der Waals surface area contributed by atoms with Crippen molar-refractivity contribution in [1.82, 2.24) is 14.8 Å². The Bertz CT molecular complexity index is 764. The lowest BCUT2D eigenvalue weighted by atomic mass is 9.80. The van der Waals surface area contributed by atoms with Crippen LogP contribution in [-0.4, -0.2) is 54.4 Å². The van der Waals surface area contributed by atoms with Crippen LogP contribution in [0.5, 0.6) is 0 Å². The Morgan fingerprint density at radius 3 is 2.65 bits per heavy atom. The smallest absolute Gasteiger partial charge is 0.236 e. The summed E-state index contributed by atoms with van der Waals surface area (Å²) in [6.07, 6.45) is 3.71. The first kappa shape index (κ1) is 18.6. The zero-order valence-electron chi connectivity index (χ0n) is 15.7. The lowest BCUT2D eigenvalue weighted by Crippen LogP contribution is -2.46. The van der Waals surface area contributed by atoms with Crippen molar-refractivity contribution in [2.45, 2.75) is 31.6 Å². The third kappa shape index (κ3) is 4.12. The fourth-order valence-electron chi connectivity index (χ4n) is 3.33. The molecule has 1 aromatic carbocycles. The molecule has 2 aromatic rings. The van der Waals surface area contributed by atoms with Crippen LogP contribution >= 0.6 is 0 Å². The van der Waals surface area contributed by atoms with E-state index in [0.717, 1.165) is 12.8 Å². The Morgan fingerprint density at radius 1 is 1.31 bits per heavy atom. The molecule has 0 atom stereocenters. The van der Waals surface area contributed by atoms with Crippen molar-refractivity contribution in [3.05, 3.63) is 53.5 Å². The first-order valence-corrected chi connectivity index (χ1v) is 8.98. The Labute approximate surface area is 153 Å². The molecule has 0 spiro atoms. The number of likely N-dealkylation sites (tertiary alicyclic amines) is 1. The number of nitrogens with zero attached hydrogens (tertiary/aromatic N) is 3. The van der Waals surface area contributed by atoms with Crippen LogP contribution < -0.4 is 0 Å². The van der Waals surface area contributed by atoms with E-state index >= 15 is 0 Å². The molecule has 0 aliphatic carbocycles. The maximum absolute atomic E-state index is 13.8. The van der Waals surface area contributed by atoms with Crippen LogP contribution in [-0.2, 0) is 16.6 Å². The van der Waals surface area contributed by atoms with Crippen molar-refractivity contribution in [3.63, 3.8) is 0 Å². The molecule has 2 heterocycles. The van der Waals surface area contributed by atoms with Crippen LogP contribution in [0.2, 0.25) is 0 Å². The highest BCUT2D eigenvalue weighted by Gasteiger charge is 2.37. The van der Waals surface area contributed by atoms with Gasteiger partial charge in [0.2, 0.25) is 5.91 Å². The summed E-state index contributed by atoms with van der Waals surface area (Å²) in [6.45, 7) is 3.96.